The summed E-state index contributed by atoms with van der Waals surface area (Å²) in [5, 5.41) is 0. The van der Waals surface area contributed by atoms with E-state index in [9.17, 15) is 0 Å². The molecule has 0 amide bonds. The van der Waals surface area contributed by atoms with Crippen molar-refractivity contribution in [1.82, 2.24) is 0 Å². The molecule has 2 atom stereocenters. The maximum atomic E-state index is 2.38. The maximum absolute atomic E-state index is 2.38. The van der Waals surface area contributed by atoms with E-state index >= 15 is 0 Å². The molecule has 50 valence electrons. The van der Waals surface area contributed by atoms with Gasteiger partial charge in [-0.15, -0.1) is 0 Å². The van der Waals surface area contributed by atoms with Crippen molar-refractivity contribution in [3.8, 4) is 0 Å². The topological polar surface area (TPSA) is 0 Å². The second kappa shape index (κ2) is 2.17. The molecule has 2 aliphatic carbocycles. The molecular weight excluding hydrogens is 108 g/mol. The second-order valence-electron chi connectivity index (χ2n) is 3.39. The predicted molar refractivity (Wildman–Crippen MR) is 39.2 cm³/mol. The third-order valence-electron chi connectivity index (χ3n) is 2.62. The molecule has 0 aromatic heterocycles. The molecule has 0 saturated heterocycles. The Kier molecular flexibility index (Phi) is 1.33. The third kappa shape index (κ3) is 1.17. The van der Waals surface area contributed by atoms with Crippen LogP contribution in [0, 0.1) is 11.8 Å². The van der Waals surface area contributed by atoms with Crippen molar-refractivity contribution in [3.63, 3.8) is 0 Å². The Bertz CT molecular complexity index is 124. The molecule has 0 heterocycles. The van der Waals surface area contributed by atoms with Gasteiger partial charge >= 0.3 is 0 Å². The fourth-order valence-electron chi connectivity index (χ4n) is 1.84. The minimum Gasteiger partial charge on any atom is -0.0885 e. The highest BCUT2D eigenvalue weighted by atomic mass is 14.4. The number of allylic oxidation sites excluding steroid dienone is 2. The van der Waals surface area contributed by atoms with Gasteiger partial charge in [0, 0.05) is 0 Å². The summed E-state index contributed by atoms with van der Waals surface area (Å²) in [6.07, 6.45) is 11.9. The second-order valence-corrected chi connectivity index (χ2v) is 3.39. The van der Waals surface area contributed by atoms with Crippen molar-refractivity contribution in [1.29, 1.82) is 0 Å². The predicted octanol–water partition coefficient (Wildman–Crippen LogP) is 2.75. The van der Waals surface area contributed by atoms with Gasteiger partial charge in [0.2, 0.25) is 0 Å². The summed E-state index contributed by atoms with van der Waals surface area (Å²) in [5.41, 5.74) is 0. The summed E-state index contributed by atoms with van der Waals surface area (Å²) in [4.78, 5) is 0. The Morgan fingerprint density at radius 2 is 2.11 bits per heavy atom. The Morgan fingerprint density at radius 3 is 3.11 bits per heavy atom. The first-order chi connectivity index (χ1) is 4.47. The SMILES string of the molecule is C1=C\CC2CC2CCC/1. The van der Waals surface area contributed by atoms with E-state index in [1.165, 1.54) is 32.1 Å². The lowest BCUT2D eigenvalue weighted by Gasteiger charge is -1.99. The quantitative estimate of drug-likeness (QED) is 0.433. The Balaban J connectivity index is 1.93. The molecule has 0 radical (unpaired) electrons. The molecule has 2 unspecified atom stereocenters. The Hall–Kier alpha value is -0.260. The number of fused-ring (bicyclic) bond motifs is 1. The third-order valence-corrected chi connectivity index (χ3v) is 2.62. The summed E-state index contributed by atoms with van der Waals surface area (Å²) < 4.78 is 0. The van der Waals surface area contributed by atoms with Crippen molar-refractivity contribution in [3.05, 3.63) is 12.2 Å². The molecule has 2 aliphatic rings. The van der Waals surface area contributed by atoms with Crippen molar-refractivity contribution in [2.24, 2.45) is 11.8 Å². The highest BCUT2D eigenvalue weighted by molar-refractivity contribution is 4.96. The standard InChI is InChI=1S/C9H14/c1-2-4-6-9-7-8(9)5-3-1/h1,3,8-9H,2,4-7H2/b3-1-. The Labute approximate surface area is 57.0 Å². The van der Waals surface area contributed by atoms with Crippen LogP contribution < -0.4 is 0 Å². The van der Waals surface area contributed by atoms with Gasteiger partial charge in [-0.05, 0) is 43.9 Å². The van der Waals surface area contributed by atoms with E-state index in [1.54, 1.807) is 0 Å². The molecule has 0 spiro atoms. The van der Waals surface area contributed by atoms with E-state index in [1.807, 2.05) is 0 Å². The van der Waals surface area contributed by atoms with Crippen LogP contribution in [0.1, 0.15) is 32.1 Å². The van der Waals surface area contributed by atoms with Crippen molar-refractivity contribution >= 4 is 0 Å². The molecule has 0 heteroatoms. The monoisotopic (exact) mass is 122 g/mol. The fourth-order valence-corrected chi connectivity index (χ4v) is 1.84. The zero-order valence-corrected chi connectivity index (χ0v) is 5.84. The average molecular weight is 122 g/mol. The van der Waals surface area contributed by atoms with Gasteiger partial charge in [0.05, 0.1) is 0 Å². The fraction of sp³-hybridized carbons (Fsp3) is 0.778. The number of hydrogen-bond acceptors (Lipinski definition) is 0. The molecule has 0 bridgehead atoms. The highest BCUT2D eigenvalue weighted by Gasteiger charge is 2.35. The van der Waals surface area contributed by atoms with E-state index < -0.39 is 0 Å². The van der Waals surface area contributed by atoms with Crippen molar-refractivity contribution in [2.75, 3.05) is 0 Å². The number of hydrogen-bond donors (Lipinski definition) is 0. The van der Waals surface area contributed by atoms with Crippen LogP contribution in [0.4, 0.5) is 0 Å². The van der Waals surface area contributed by atoms with Crippen LogP contribution in [-0.2, 0) is 0 Å². The molecule has 0 aliphatic heterocycles. The van der Waals surface area contributed by atoms with Crippen LogP contribution in [0.3, 0.4) is 0 Å². The average Bonchev–Trinajstić information content (AvgIpc) is 2.46. The summed E-state index contributed by atoms with van der Waals surface area (Å²) in [6, 6.07) is 0. The first kappa shape index (κ1) is 5.52. The van der Waals surface area contributed by atoms with Crippen molar-refractivity contribution in [2.45, 2.75) is 32.1 Å². The van der Waals surface area contributed by atoms with Crippen molar-refractivity contribution < 1.29 is 0 Å². The van der Waals surface area contributed by atoms with E-state index in [2.05, 4.69) is 12.2 Å². The molecule has 0 N–H and O–H groups in total. The van der Waals surface area contributed by atoms with E-state index in [0.717, 1.165) is 11.8 Å². The van der Waals surface area contributed by atoms with Gasteiger partial charge in [-0.3, -0.25) is 0 Å². The molecule has 2 rings (SSSR count). The van der Waals surface area contributed by atoms with Gasteiger partial charge in [0.1, 0.15) is 0 Å². The summed E-state index contributed by atoms with van der Waals surface area (Å²) >= 11 is 0. The largest absolute Gasteiger partial charge is 0.0885 e. The minimum atomic E-state index is 1.10. The minimum absolute atomic E-state index is 1.10. The van der Waals surface area contributed by atoms with Crippen LogP contribution in [0.5, 0.6) is 0 Å². The zero-order chi connectivity index (χ0) is 6.10. The van der Waals surface area contributed by atoms with Gasteiger partial charge in [0.15, 0.2) is 0 Å². The van der Waals surface area contributed by atoms with Crippen LogP contribution in [0.25, 0.3) is 0 Å². The van der Waals surface area contributed by atoms with Crippen LogP contribution in [0.2, 0.25) is 0 Å². The van der Waals surface area contributed by atoms with Gasteiger partial charge in [-0.2, -0.15) is 0 Å². The molecule has 0 nitrogen and oxygen atoms in total. The van der Waals surface area contributed by atoms with Gasteiger partial charge < -0.3 is 0 Å². The highest BCUT2D eigenvalue weighted by Crippen LogP contribution is 2.45. The van der Waals surface area contributed by atoms with E-state index in [0.29, 0.717) is 0 Å². The van der Waals surface area contributed by atoms with E-state index in [-0.39, 0.29) is 0 Å². The lowest BCUT2D eigenvalue weighted by Crippen LogP contribution is -1.85. The van der Waals surface area contributed by atoms with Crippen LogP contribution in [-0.4, -0.2) is 0 Å². The van der Waals surface area contributed by atoms with E-state index in [4.69, 9.17) is 0 Å². The summed E-state index contributed by atoms with van der Waals surface area (Å²) in [7, 11) is 0. The Morgan fingerprint density at radius 1 is 1.11 bits per heavy atom. The summed E-state index contributed by atoms with van der Waals surface area (Å²) in [6.45, 7) is 0. The van der Waals surface area contributed by atoms with Crippen LogP contribution in [0.15, 0.2) is 12.2 Å². The first-order valence-corrected chi connectivity index (χ1v) is 4.12. The van der Waals surface area contributed by atoms with Gasteiger partial charge in [0.25, 0.3) is 0 Å². The molecule has 0 aromatic carbocycles. The molecule has 1 fully saturated rings. The lowest BCUT2D eigenvalue weighted by atomic mass is 10.1. The molecule has 0 aromatic rings. The summed E-state index contributed by atoms with van der Waals surface area (Å²) in [5.74, 6) is 2.23. The zero-order valence-electron chi connectivity index (χ0n) is 5.84. The molecule has 1 saturated carbocycles. The van der Waals surface area contributed by atoms with Gasteiger partial charge in [-0.1, -0.05) is 12.2 Å². The van der Waals surface area contributed by atoms with Gasteiger partial charge in [-0.25, -0.2) is 0 Å². The number of rotatable bonds is 0. The lowest BCUT2D eigenvalue weighted by molar-refractivity contribution is 0.605. The normalized spacial score (nSPS) is 44.4. The maximum Gasteiger partial charge on any atom is -0.0319 e. The molecular formula is C9H14. The van der Waals surface area contributed by atoms with Crippen LogP contribution >= 0.6 is 0 Å². The molecule has 9 heavy (non-hydrogen) atoms. The first-order valence-electron chi connectivity index (χ1n) is 4.12. The smallest absolute Gasteiger partial charge is 0.0319 e.